The van der Waals surface area contributed by atoms with Crippen LogP contribution in [0.25, 0.3) is 0 Å². The first-order chi connectivity index (χ1) is 7.27. The third kappa shape index (κ3) is 3.80. The highest BCUT2D eigenvalue weighted by Crippen LogP contribution is 2.26. The quantitative estimate of drug-likeness (QED) is 0.703. The fraction of sp³-hybridized carbons (Fsp3) is 0.500. The molecule has 0 spiro atoms. The molecular weight excluding hydrogens is 190 g/mol. The molecule has 0 aromatic heterocycles. The van der Waals surface area contributed by atoms with E-state index in [4.69, 9.17) is 4.74 Å². The van der Waals surface area contributed by atoms with Crippen molar-refractivity contribution in [2.45, 2.75) is 20.3 Å². The summed E-state index contributed by atoms with van der Waals surface area (Å²) < 4.78 is 5.31. The number of phenolic OH excluding ortho intramolecular Hbond substituents is 1. The normalized spacial score (nSPS) is 10.3. The molecule has 0 atom stereocenters. The van der Waals surface area contributed by atoms with E-state index < -0.39 is 0 Å². The standard InChI is InChI=1S/C12H19NO2/c1-3-13-8-7-10-5-6-11(14)12(9-10)15-4-2/h5-6,9,13-14H,3-4,7-8H2,1-2H3. The van der Waals surface area contributed by atoms with E-state index in [9.17, 15) is 5.11 Å². The van der Waals surface area contributed by atoms with E-state index in [1.165, 1.54) is 5.56 Å². The van der Waals surface area contributed by atoms with Crippen LogP contribution < -0.4 is 10.1 Å². The Balaban J connectivity index is 2.61. The summed E-state index contributed by atoms with van der Waals surface area (Å²) in [6, 6.07) is 5.51. The molecule has 0 fully saturated rings. The lowest BCUT2D eigenvalue weighted by molar-refractivity contribution is 0.317. The number of hydrogen-bond donors (Lipinski definition) is 2. The third-order valence-corrected chi connectivity index (χ3v) is 2.16. The Morgan fingerprint density at radius 2 is 2.13 bits per heavy atom. The molecule has 1 aromatic rings. The number of nitrogens with one attached hydrogen (secondary N) is 1. The monoisotopic (exact) mass is 209 g/mol. The van der Waals surface area contributed by atoms with Gasteiger partial charge in [-0.05, 0) is 44.1 Å². The van der Waals surface area contributed by atoms with Gasteiger partial charge in [-0.3, -0.25) is 0 Å². The molecule has 0 saturated heterocycles. The molecule has 0 aliphatic carbocycles. The average molecular weight is 209 g/mol. The van der Waals surface area contributed by atoms with E-state index >= 15 is 0 Å². The van der Waals surface area contributed by atoms with Gasteiger partial charge >= 0.3 is 0 Å². The van der Waals surface area contributed by atoms with Crippen molar-refractivity contribution in [1.29, 1.82) is 0 Å². The molecule has 3 heteroatoms. The van der Waals surface area contributed by atoms with Crippen LogP contribution in [0.2, 0.25) is 0 Å². The Bertz CT molecular complexity index is 300. The van der Waals surface area contributed by atoms with Crippen LogP contribution in [0, 0.1) is 0 Å². The number of aromatic hydroxyl groups is 1. The van der Waals surface area contributed by atoms with Crippen LogP contribution in [0.15, 0.2) is 18.2 Å². The molecular formula is C12H19NO2. The van der Waals surface area contributed by atoms with Gasteiger partial charge in [-0.15, -0.1) is 0 Å². The summed E-state index contributed by atoms with van der Waals surface area (Å²) in [6.45, 7) is 6.50. The smallest absolute Gasteiger partial charge is 0.161 e. The highest BCUT2D eigenvalue weighted by atomic mass is 16.5. The zero-order valence-electron chi connectivity index (χ0n) is 9.42. The van der Waals surface area contributed by atoms with Gasteiger partial charge in [0, 0.05) is 0 Å². The highest BCUT2D eigenvalue weighted by Gasteiger charge is 2.02. The Morgan fingerprint density at radius 3 is 2.80 bits per heavy atom. The van der Waals surface area contributed by atoms with E-state index in [0.29, 0.717) is 12.4 Å². The highest BCUT2D eigenvalue weighted by molar-refractivity contribution is 5.41. The lowest BCUT2D eigenvalue weighted by Crippen LogP contribution is -2.16. The molecule has 1 rings (SSSR count). The predicted octanol–water partition coefficient (Wildman–Crippen LogP) is 1.94. The lowest BCUT2D eigenvalue weighted by atomic mass is 10.1. The summed E-state index contributed by atoms with van der Waals surface area (Å²) >= 11 is 0. The summed E-state index contributed by atoms with van der Waals surface area (Å²) in [5, 5.41) is 12.8. The van der Waals surface area contributed by atoms with Crippen LogP contribution in [-0.4, -0.2) is 24.8 Å². The molecule has 3 nitrogen and oxygen atoms in total. The Kier molecular flexibility index (Phi) is 4.98. The molecule has 0 heterocycles. The topological polar surface area (TPSA) is 41.5 Å². The van der Waals surface area contributed by atoms with E-state index in [-0.39, 0.29) is 5.75 Å². The lowest BCUT2D eigenvalue weighted by Gasteiger charge is -2.08. The fourth-order valence-corrected chi connectivity index (χ4v) is 1.39. The second kappa shape index (κ2) is 6.30. The first-order valence-electron chi connectivity index (χ1n) is 5.43. The van der Waals surface area contributed by atoms with Gasteiger partial charge in [0.05, 0.1) is 6.61 Å². The Labute approximate surface area is 91.1 Å². The summed E-state index contributed by atoms with van der Waals surface area (Å²) in [5.74, 6) is 0.788. The first kappa shape index (κ1) is 11.9. The van der Waals surface area contributed by atoms with E-state index in [1.807, 2.05) is 19.1 Å². The Hall–Kier alpha value is -1.22. The molecule has 0 bridgehead atoms. The second-order valence-corrected chi connectivity index (χ2v) is 3.34. The average Bonchev–Trinajstić information content (AvgIpc) is 2.23. The SMILES string of the molecule is CCNCCc1ccc(O)c(OCC)c1. The molecule has 2 N–H and O–H groups in total. The molecule has 0 unspecified atom stereocenters. The second-order valence-electron chi connectivity index (χ2n) is 3.34. The predicted molar refractivity (Wildman–Crippen MR) is 61.5 cm³/mol. The summed E-state index contributed by atoms with van der Waals surface area (Å²) in [6.07, 6.45) is 0.953. The molecule has 0 radical (unpaired) electrons. The molecule has 1 aromatic carbocycles. The van der Waals surface area contributed by atoms with Crippen LogP contribution in [-0.2, 0) is 6.42 Å². The number of likely N-dealkylation sites (N-methyl/N-ethyl adjacent to an activating group) is 1. The van der Waals surface area contributed by atoms with E-state index in [1.54, 1.807) is 6.07 Å². The minimum atomic E-state index is 0.212. The number of phenols is 1. The van der Waals surface area contributed by atoms with Crippen LogP contribution in [0.3, 0.4) is 0 Å². The number of ether oxygens (including phenoxy) is 1. The minimum absolute atomic E-state index is 0.212. The number of benzene rings is 1. The van der Waals surface area contributed by atoms with Gasteiger partial charge in [-0.1, -0.05) is 13.0 Å². The molecule has 0 aliphatic heterocycles. The summed E-state index contributed by atoms with van der Waals surface area (Å²) in [4.78, 5) is 0. The maximum atomic E-state index is 9.50. The largest absolute Gasteiger partial charge is 0.504 e. The summed E-state index contributed by atoms with van der Waals surface area (Å²) in [7, 11) is 0. The zero-order chi connectivity index (χ0) is 11.1. The van der Waals surface area contributed by atoms with Crippen molar-refractivity contribution in [3.8, 4) is 11.5 Å². The van der Waals surface area contributed by atoms with Crippen molar-refractivity contribution >= 4 is 0 Å². The van der Waals surface area contributed by atoms with Crippen molar-refractivity contribution in [1.82, 2.24) is 5.32 Å². The van der Waals surface area contributed by atoms with Crippen LogP contribution in [0.1, 0.15) is 19.4 Å². The van der Waals surface area contributed by atoms with Gasteiger partial charge in [0.15, 0.2) is 11.5 Å². The van der Waals surface area contributed by atoms with Gasteiger partial charge in [-0.25, -0.2) is 0 Å². The van der Waals surface area contributed by atoms with Gasteiger partial charge in [0.2, 0.25) is 0 Å². The molecule has 0 amide bonds. The van der Waals surface area contributed by atoms with Crippen molar-refractivity contribution in [3.63, 3.8) is 0 Å². The maximum Gasteiger partial charge on any atom is 0.161 e. The summed E-state index contributed by atoms with van der Waals surface area (Å²) in [5.41, 5.74) is 1.18. The molecule has 0 aliphatic rings. The van der Waals surface area contributed by atoms with Gasteiger partial charge in [0.25, 0.3) is 0 Å². The van der Waals surface area contributed by atoms with Crippen LogP contribution in [0.4, 0.5) is 0 Å². The van der Waals surface area contributed by atoms with Crippen molar-refractivity contribution in [3.05, 3.63) is 23.8 Å². The van der Waals surface area contributed by atoms with Crippen LogP contribution in [0.5, 0.6) is 11.5 Å². The fourth-order valence-electron chi connectivity index (χ4n) is 1.39. The van der Waals surface area contributed by atoms with Crippen LogP contribution >= 0.6 is 0 Å². The maximum absolute atomic E-state index is 9.50. The third-order valence-electron chi connectivity index (χ3n) is 2.16. The number of hydrogen-bond acceptors (Lipinski definition) is 3. The van der Waals surface area contributed by atoms with Crippen molar-refractivity contribution in [2.24, 2.45) is 0 Å². The molecule has 0 saturated carbocycles. The first-order valence-corrected chi connectivity index (χ1v) is 5.43. The van der Waals surface area contributed by atoms with Gasteiger partial charge in [-0.2, -0.15) is 0 Å². The molecule has 15 heavy (non-hydrogen) atoms. The van der Waals surface area contributed by atoms with Gasteiger partial charge in [0.1, 0.15) is 0 Å². The number of rotatable bonds is 6. The van der Waals surface area contributed by atoms with Gasteiger partial charge < -0.3 is 15.2 Å². The van der Waals surface area contributed by atoms with E-state index in [2.05, 4.69) is 12.2 Å². The van der Waals surface area contributed by atoms with E-state index in [0.717, 1.165) is 19.5 Å². The van der Waals surface area contributed by atoms with Crippen molar-refractivity contribution < 1.29 is 9.84 Å². The minimum Gasteiger partial charge on any atom is -0.504 e. The zero-order valence-corrected chi connectivity index (χ0v) is 9.42. The Morgan fingerprint density at radius 1 is 1.33 bits per heavy atom. The molecule has 84 valence electrons. The van der Waals surface area contributed by atoms with Crippen molar-refractivity contribution in [2.75, 3.05) is 19.7 Å².